The summed E-state index contributed by atoms with van der Waals surface area (Å²) in [6, 6.07) is 4.82. The van der Waals surface area contributed by atoms with Crippen LogP contribution in [-0.4, -0.2) is 57.3 Å². The van der Waals surface area contributed by atoms with Gasteiger partial charge in [0.25, 0.3) is 0 Å². The fourth-order valence-electron chi connectivity index (χ4n) is 13.1. The van der Waals surface area contributed by atoms with E-state index in [1.807, 2.05) is 11.6 Å². The zero-order valence-electron chi connectivity index (χ0n) is 36.1. The van der Waals surface area contributed by atoms with Crippen molar-refractivity contribution in [3.05, 3.63) is 47.8 Å². The Morgan fingerprint density at radius 1 is 1.02 bits per heavy atom. The first-order valence-electron chi connectivity index (χ1n) is 21.3. The van der Waals surface area contributed by atoms with E-state index >= 15 is 0 Å². The molecule has 0 spiro atoms. The number of alkyl halides is 3. The molecule has 57 heavy (non-hydrogen) atoms. The Balaban J connectivity index is 1.35. The van der Waals surface area contributed by atoms with Gasteiger partial charge in [0.1, 0.15) is 6.33 Å². The second kappa shape index (κ2) is 13.6. The first-order valence-corrected chi connectivity index (χ1v) is 21.3. The molecule has 0 radical (unpaired) electrons. The van der Waals surface area contributed by atoms with Gasteiger partial charge in [-0.05, 0) is 103 Å². The quantitative estimate of drug-likeness (QED) is 0.256. The molecule has 2 bridgehead atoms. The number of halogens is 3. The summed E-state index contributed by atoms with van der Waals surface area (Å²) in [5, 5.41) is 16.0. The number of ether oxygens (including phenoxy) is 2. The molecule has 4 fully saturated rings. The molecule has 7 rings (SSSR count). The summed E-state index contributed by atoms with van der Waals surface area (Å²) in [6.07, 6.45) is 4.15. The predicted octanol–water partition coefficient (Wildman–Crippen LogP) is 10.2. The van der Waals surface area contributed by atoms with Crippen LogP contribution < -0.4 is 5.73 Å². The van der Waals surface area contributed by atoms with Gasteiger partial charge in [-0.1, -0.05) is 93.0 Å². The van der Waals surface area contributed by atoms with E-state index in [0.29, 0.717) is 50.0 Å². The minimum Gasteiger partial charge on any atom is -0.481 e. The third-order valence-electron chi connectivity index (χ3n) is 17.7. The first kappa shape index (κ1) is 42.4. The van der Waals surface area contributed by atoms with Crippen molar-refractivity contribution < 1.29 is 32.5 Å². The number of rotatable bonds is 8. The Hall–Kier alpha value is -2.76. The highest BCUT2D eigenvalue weighted by molar-refractivity contribution is 5.73. The molecule has 5 aliphatic rings. The smallest absolute Gasteiger partial charge is 0.416 e. The molecule has 12 atom stereocenters. The van der Waals surface area contributed by atoms with Crippen molar-refractivity contribution in [2.75, 3.05) is 19.8 Å². The largest absolute Gasteiger partial charge is 0.481 e. The lowest BCUT2D eigenvalue weighted by atomic mass is 9.34. The molecule has 2 heterocycles. The van der Waals surface area contributed by atoms with Crippen LogP contribution in [0.5, 0.6) is 0 Å². The lowest BCUT2D eigenvalue weighted by Crippen LogP contribution is -2.69. The third kappa shape index (κ3) is 6.19. The lowest BCUT2D eigenvalue weighted by Gasteiger charge is -2.71. The Labute approximate surface area is 337 Å². The molecular formula is C46H67F3N4O4. The van der Waals surface area contributed by atoms with Crippen molar-refractivity contribution >= 4 is 5.97 Å². The Bertz CT molecular complexity index is 1880. The minimum absolute atomic E-state index is 0.177. The van der Waals surface area contributed by atoms with Crippen molar-refractivity contribution in [3.8, 4) is 11.4 Å². The monoisotopic (exact) mass is 797 g/mol. The molecule has 11 heteroatoms. The number of carboxylic acids is 1. The number of nitrogens with two attached hydrogens (primary N) is 1. The molecule has 0 amide bonds. The number of hydrogen-bond donors (Lipinski definition) is 2. The molecule has 4 aliphatic carbocycles. The lowest BCUT2D eigenvalue weighted by molar-refractivity contribution is -0.253. The maximum Gasteiger partial charge on any atom is 0.416 e. The topological polar surface area (TPSA) is 112 Å². The second-order valence-corrected chi connectivity index (χ2v) is 21.6. The molecule has 1 aliphatic heterocycles. The third-order valence-corrected chi connectivity index (χ3v) is 17.7. The minimum atomic E-state index is -4.46. The van der Waals surface area contributed by atoms with Crippen LogP contribution in [0.1, 0.15) is 126 Å². The summed E-state index contributed by atoms with van der Waals surface area (Å²) in [7, 11) is 0. The average Bonchev–Trinajstić information content (AvgIpc) is 3.60. The molecule has 2 aromatic rings. The summed E-state index contributed by atoms with van der Waals surface area (Å²) in [6.45, 7) is 25.6. The van der Waals surface area contributed by atoms with Gasteiger partial charge in [0.05, 0.1) is 43.4 Å². The van der Waals surface area contributed by atoms with Crippen molar-refractivity contribution in [2.45, 2.75) is 139 Å². The zero-order chi connectivity index (χ0) is 41.9. The molecule has 316 valence electrons. The zero-order valence-corrected chi connectivity index (χ0v) is 36.1. The van der Waals surface area contributed by atoms with E-state index in [0.717, 1.165) is 37.8 Å². The van der Waals surface area contributed by atoms with Crippen LogP contribution in [-0.2, 0) is 20.4 Å². The number of carbonyl (C=O) groups is 1. The SMILES string of the molecule is CC(C)[C@@H](C)[C@@]1(C)CC[C@]2(C)[C@H]3CC[C@@H]4[C@@]5(COC[C@@]4(C)[C@@H](OC[C@](C)(N)C(C)(C)C)[C@H](n4ncnc4-c4ccc(C(F)(F)F)cc4)C5)C3=CC[C@@]2(C)[C@@H]1C(=O)O. The van der Waals surface area contributed by atoms with Crippen molar-refractivity contribution in [1.82, 2.24) is 14.8 Å². The van der Waals surface area contributed by atoms with Crippen molar-refractivity contribution in [3.63, 3.8) is 0 Å². The molecule has 1 saturated heterocycles. The van der Waals surface area contributed by atoms with Gasteiger partial charge in [-0.2, -0.15) is 18.3 Å². The Morgan fingerprint density at radius 2 is 1.68 bits per heavy atom. The number of aromatic nitrogens is 3. The van der Waals surface area contributed by atoms with E-state index in [4.69, 9.17) is 20.3 Å². The van der Waals surface area contributed by atoms with Gasteiger partial charge >= 0.3 is 12.1 Å². The first-order chi connectivity index (χ1) is 26.3. The molecular weight excluding hydrogens is 730 g/mol. The highest BCUT2D eigenvalue weighted by Crippen LogP contribution is 2.75. The fourth-order valence-corrected chi connectivity index (χ4v) is 13.1. The van der Waals surface area contributed by atoms with Gasteiger partial charge in [0.15, 0.2) is 5.82 Å². The van der Waals surface area contributed by atoms with Gasteiger partial charge < -0.3 is 20.3 Å². The van der Waals surface area contributed by atoms with E-state index in [2.05, 4.69) is 80.3 Å². The van der Waals surface area contributed by atoms with Crippen LogP contribution in [0.25, 0.3) is 11.4 Å². The molecule has 0 unspecified atom stereocenters. The molecule has 8 nitrogen and oxygen atoms in total. The normalized spacial score (nSPS) is 39.6. The Kier molecular flexibility index (Phi) is 10.1. The number of allylic oxidation sites excluding steroid dienone is 1. The molecule has 3 N–H and O–H groups in total. The standard InChI is InChI=1S/C46H67F3N4O4/c1-27(2)28(3)40(7)20-21-42(9)31-16-17-34-41(8)23-56-25-45(34,32(31)18-19-43(42,10)35(40)38(54)55)22-33(36(41)57-24-44(11,50)39(4,5)6)53-37(51-26-52-53)29-12-14-30(15-13-29)46(47,48)49/h12-15,18,26-28,31,33-36H,16-17,19-25,50H2,1-11H3,(H,54,55)/t28-,31+,33-,34+,35-,36+,40-,41-,42-,43+,44+,45+/m1/s1. The summed E-state index contributed by atoms with van der Waals surface area (Å²) in [4.78, 5) is 18.3. The van der Waals surface area contributed by atoms with Gasteiger partial charge in [-0.3, -0.25) is 4.79 Å². The maximum atomic E-state index is 13.6. The van der Waals surface area contributed by atoms with Gasteiger partial charge in [-0.15, -0.1) is 0 Å². The van der Waals surface area contributed by atoms with Crippen molar-refractivity contribution in [2.24, 2.45) is 67.8 Å². The van der Waals surface area contributed by atoms with E-state index in [1.165, 1.54) is 24.0 Å². The second-order valence-electron chi connectivity index (χ2n) is 21.6. The number of fused-ring (bicyclic) bond motifs is 3. The highest BCUT2D eigenvalue weighted by atomic mass is 19.4. The summed E-state index contributed by atoms with van der Waals surface area (Å²) >= 11 is 0. The number of carboxylic acid groups (broad SMARTS) is 1. The van der Waals surface area contributed by atoms with Crippen LogP contribution in [0, 0.1) is 62.1 Å². The highest BCUT2D eigenvalue weighted by Gasteiger charge is 2.72. The molecule has 1 aromatic carbocycles. The van der Waals surface area contributed by atoms with Gasteiger partial charge in [-0.25, -0.2) is 9.67 Å². The van der Waals surface area contributed by atoms with E-state index in [9.17, 15) is 23.1 Å². The summed E-state index contributed by atoms with van der Waals surface area (Å²) in [5.74, 6) is 0.327. The van der Waals surface area contributed by atoms with Crippen LogP contribution >= 0.6 is 0 Å². The van der Waals surface area contributed by atoms with Crippen LogP contribution in [0.2, 0.25) is 0 Å². The molecule has 3 saturated carbocycles. The van der Waals surface area contributed by atoms with Crippen LogP contribution in [0.4, 0.5) is 13.2 Å². The van der Waals surface area contributed by atoms with E-state index in [-0.39, 0.29) is 51.6 Å². The Morgan fingerprint density at radius 3 is 2.28 bits per heavy atom. The summed E-state index contributed by atoms with van der Waals surface area (Å²) in [5.41, 5.74) is 5.39. The number of hydrogen-bond acceptors (Lipinski definition) is 6. The van der Waals surface area contributed by atoms with Crippen LogP contribution in [0.15, 0.2) is 42.2 Å². The van der Waals surface area contributed by atoms with Crippen molar-refractivity contribution in [1.29, 1.82) is 0 Å². The fraction of sp³-hybridized carbons (Fsp3) is 0.761. The van der Waals surface area contributed by atoms with Crippen LogP contribution in [0.3, 0.4) is 0 Å². The van der Waals surface area contributed by atoms with E-state index < -0.39 is 40.0 Å². The predicted molar refractivity (Wildman–Crippen MR) is 215 cm³/mol. The van der Waals surface area contributed by atoms with Gasteiger partial charge in [0.2, 0.25) is 0 Å². The average molecular weight is 797 g/mol. The van der Waals surface area contributed by atoms with E-state index in [1.54, 1.807) is 0 Å². The van der Waals surface area contributed by atoms with Gasteiger partial charge in [0, 0.05) is 21.9 Å². The summed E-state index contributed by atoms with van der Waals surface area (Å²) < 4.78 is 56.7. The number of benzene rings is 1. The number of aliphatic carboxylic acids is 1. The maximum absolute atomic E-state index is 13.6. The molecule has 1 aromatic heterocycles. The number of nitrogens with zero attached hydrogens (tertiary/aromatic N) is 3.